The molecule has 1 radical (unpaired) electrons. The Kier molecular flexibility index (Phi) is 11.8. The van der Waals surface area contributed by atoms with Gasteiger partial charge in [0.25, 0.3) is 0 Å². The second-order valence-corrected chi connectivity index (χ2v) is 22.8. The minimum atomic E-state index is -1.33. The number of hydrogen-bond acceptors (Lipinski definition) is 2. The number of rotatable bonds is 6. The molecule has 0 aliphatic heterocycles. The zero-order chi connectivity index (χ0) is 41.6. The van der Waals surface area contributed by atoms with Crippen LogP contribution >= 0.6 is 0 Å². The van der Waals surface area contributed by atoms with Crippen LogP contribution in [0.1, 0.15) is 61.8 Å². The zero-order valence-corrected chi connectivity index (χ0v) is 38.8. The standard InChI is InChI=1S/C34H31N2O.C20H22NSi.Ir/c1-22-19-24(21-35)31-28-16-10-15-27(23-11-6-5-7-12-23)32(28)37-33(31)30(22)29-20-26(17-18-36(29)4)34(2,3)25-13-8-9-14-25;1-15-10-11-16-8-6-7-9-18(16)20(15)19-13-12-17(14-21(19)2)22(3,4)5;/h5-7,10-12,15-20,25H,1,4,8-9,13-14H2,2-3H3;6-14H,1-2H2,3-5H3;/q2*-1;. The summed E-state index contributed by atoms with van der Waals surface area (Å²) < 4.78 is 10.6. The first-order valence-corrected chi connectivity index (χ1v) is 24.2. The third-order valence-electron chi connectivity index (χ3n) is 12.6. The largest absolute Gasteiger partial charge is 0.469 e. The molecule has 5 aromatic carbocycles. The number of nitriles is 1. The molecule has 1 fully saturated rings. The molecule has 4 nitrogen and oxygen atoms in total. The van der Waals surface area contributed by atoms with Crippen LogP contribution in [0.3, 0.4) is 0 Å². The van der Waals surface area contributed by atoms with Crippen molar-refractivity contribution < 1.29 is 33.7 Å². The molecule has 9 rings (SSSR count). The SMILES string of the molecule is [CH2-]c1cc(C#N)c2c(oc3c(-c4ccccc4)cccc32)c1-c1cc(C(C)(C)C2CCCC2)cc[n+]1[CH2-].[CH2-]c1ccc2ccccc2c1-c1ccc([Si](C)(C)C)c[n+]1[CH2-].[Ir]. The van der Waals surface area contributed by atoms with Gasteiger partial charge in [0.15, 0.2) is 0 Å². The van der Waals surface area contributed by atoms with Crippen molar-refractivity contribution in [2.45, 2.75) is 64.6 Å². The second kappa shape index (κ2) is 16.7. The monoisotopic (exact) mass is 980 g/mol. The van der Waals surface area contributed by atoms with Gasteiger partial charge in [-0.25, -0.2) is 0 Å². The Bertz CT molecular complexity index is 2910. The molecule has 60 heavy (non-hydrogen) atoms. The topological polar surface area (TPSA) is 44.7 Å². The Morgan fingerprint density at radius 3 is 2.12 bits per heavy atom. The van der Waals surface area contributed by atoms with Crippen LogP contribution in [0.4, 0.5) is 0 Å². The number of fused-ring (bicyclic) bond motifs is 4. The first kappa shape index (κ1) is 42.4. The van der Waals surface area contributed by atoms with E-state index in [-0.39, 0.29) is 25.5 Å². The number of pyridine rings is 2. The smallest absolute Gasteiger partial charge is 0.141 e. The molecular weight excluding hydrogens is 927 g/mol. The van der Waals surface area contributed by atoms with Crippen LogP contribution < -0.4 is 14.3 Å². The molecule has 3 heterocycles. The Balaban J connectivity index is 0.000000203. The molecular formula is C54H53IrN3OSi-2. The van der Waals surface area contributed by atoms with E-state index < -0.39 is 8.07 Å². The maximum absolute atomic E-state index is 10.1. The molecule has 0 bridgehead atoms. The van der Waals surface area contributed by atoms with Crippen LogP contribution in [-0.2, 0) is 25.5 Å². The molecule has 6 heteroatoms. The van der Waals surface area contributed by atoms with Gasteiger partial charge in [0, 0.05) is 56.1 Å². The minimum Gasteiger partial charge on any atom is -0.469 e. The van der Waals surface area contributed by atoms with Crippen molar-refractivity contribution in [1.29, 1.82) is 5.26 Å². The number of benzene rings is 5. The molecule has 0 spiro atoms. The van der Waals surface area contributed by atoms with Crippen molar-refractivity contribution in [2.75, 3.05) is 0 Å². The van der Waals surface area contributed by atoms with Crippen molar-refractivity contribution in [3.05, 3.63) is 178 Å². The minimum absolute atomic E-state index is 0. The van der Waals surface area contributed by atoms with Crippen LogP contribution in [0.15, 0.2) is 132 Å². The molecule has 3 aromatic heterocycles. The summed E-state index contributed by atoms with van der Waals surface area (Å²) in [7, 11) is 7.21. The van der Waals surface area contributed by atoms with Crippen molar-refractivity contribution in [2.24, 2.45) is 5.92 Å². The second-order valence-electron chi connectivity index (χ2n) is 17.7. The Hall–Kier alpha value is -5.70. The number of furan rings is 1. The van der Waals surface area contributed by atoms with Gasteiger partial charge >= 0.3 is 0 Å². The van der Waals surface area contributed by atoms with Crippen molar-refractivity contribution in [3.8, 4) is 39.7 Å². The summed E-state index contributed by atoms with van der Waals surface area (Å²) in [4.78, 5) is 0. The molecule has 0 atom stereocenters. The van der Waals surface area contributed by atoms with E-state index in [1.165, 1.54) is 52.8 Å². The van der Waals surface area contributed by atoms with E-state index >= 15 is 0 Å². The number of aromatic nitrogens is 2. The summed E-state index contributed by atoms with van der Waals surface area (Å²) in [6.45, 7) is 20.4. The fourth-order valence-electron chi connectivity index (χ4n) is 9.10. The van der Waals surface area contributed by atoms with E-state index in [9.17, 15) is 5.26 Å². The van der Waals surface area contributed by atoms with Gasteiger partial charge in [-0.15, -0.1) is 17.7 Å². The Morgan fingerprint density at radius 1 is 0.717 bits per heavy atom. The zero-order valence-electron chi connectivity index (χ0n) is 35.4. The predicted octanol–water partition coefficient (Wildman–Crippen LogP) is 12.5. The number of para-hydroxylation sites is 1. The fraction of sp³-hybridized carbons (Fsp3) is 0.204. The van der Waals surface area contributed by atoms with E-state index in [1.807, 2.05) is 51.7 Å². The Morgan fingerprint density at radius 2 is 1.42 bits per heavy atom. The van der Waals surface area contributed by atoms with Gasteiger partial charge in [-0.2, -0.15) is 36.3 Å². The molecule has 1 saturated carbocycles. The van der Waals surface area contributed by atoms with Crippen molar-refractivity contribution in [3.63, 3.8) is 0 Å². The molecule has 305 valence electrons. The summed E-state index contributed by atoms with van der Waals surface area (Å²) in [5.74, 6) is 0.667. The van der Waals surface area contributed by atoms with Crippen molar-refractivity contribution in [1.82, 2.24) is 0 Å². The van der Waals surface area contributed by atoms with Gasteiger partial charge in [0.2, 0.25) is 0 Å². The molecule has 8 aromatic rings. The maximum atomic E-state index is 10.1. The molecule has 0 saturated heterocycles. The first-order valence-electron chi connectivity index (χ1n) is 20.7. The van der Waals surface area contributed by atoms with E-state index in [2.05, 4.69) is 153 Å². The van der Waals surface area contributed by atoms with Crippen LogP contribution in [0.5, 0.6) is 0 Å². The van der Waals surface area contributed by atoms with Crippen LogP contribution in [0.2, 0.25) is 19.6 Å². The summed E-state index contributed by atoms with van der Waals surface area (Å²) in [5.41, 5.74) is 11.4. The van der Waals surface area contributed by atoms with Gasteiger partial charge in [-0.05, 0) is 35.1 Å². The summed E-state index contributed by atoms with van der Waals surface area (Å²) >= 11 is 0. The van der Waals surface area contributed by atoms with Gasteiger partial charge in [-0.1, -0.05) is 165 Å². The summed E-state index contributed by atoms with van der Waals surface area (Å²) in [5, 5.41) is 15.7. The molecule has 0 unspecified atom stereocenters. The Labute approximate surface area is 370 Å². The third-order valence-corrected chi connectivity index (χ3v) is 14.7. The molecule has 1 aliphatic carbocycles. The van der Waals surface area contributed by atoms with Gasteiger partial charge in [0.1, 0.15) is 5.58 Å². The summed E-state index contributed by atoms with van der Waals surface area (Å²) in [6.07, 6.45) is 9.40. The number of nitrogens with zero attached hydrogens (tertiary/aromatic N) is 3. The average molecular weight is 980 g/mol. The van der Waals surface area contributed by atoms with E-state index in [1.54, 1.807) is 0 Å². The predicted molar refractivity (Wildman–Crippen MR) is 247 cm³/mol. The van der Waals surface area contributed by atoms with Crippen LogP contribution in [0, 0.1) is 45.2 Å². The quantitative estimate of drug-likeness (QED) is 0.0947. The normalized spacial score (nSPS) is 13.2. The third kappa shape index (κ3) is 7.74. The van der Waals surface area contributed by atoms with Crippen LogP contribution in [-0.4, -0.2) is 8.07 Å². The van der Waals surface area contributed by atoms with Gasteiger partial charge < -0.3 is 13.6 Å². The van der Waals surface area contributed by atoms with Gasteiger partial charge in [0.05, 0.1) is 43.5 Å². The fourth-order valence-corrected chi connectivity index (χ4v) is 10.2. The van der Waals surface area contributed by atoms with E-state index in [0.29, 0.717) is 17.1 Å². The van der Waals surface area contributed by atoms with Crippen molar-refractivity contribution >= 4 is 46.0 Å². The van der Waals surface area contributed by atoms with E-state index in [0.717, 1.165) is 55.6 Å². The molecule has 0 N–H and O–H groups in total. The number of hydrogen-bond donors (Lipinski definition) is 0. The van der Waals surface area contributed by atoms with Gasteiger partial charge in [-0.3, -0.25) is 0 Å². The van der Waals surface area contributed by atoms with E-state index in [4.69, 9.17) is 4.42 Å². The average Bonchev–Trinajstić information content (AvgIpc) is 3.92. The first-order chi connectivity index (χ1) is 28.3. The summed E-state index contributed by atoms with van der Waals surface area (Å²) in [6, 6.07) is 42.2. The van der Waals surface area contributed by atoms with Crippen LogP contribution in [0.25, 0.3) is 66.4 Å². The molecule has 1 aliphatic rings. The molecule has 0 amide bonds. The maximum Gasteiger partial charge on any atom is 0.141 e.